The maximum atomic E-state index is 13.3. The van der Waals surface area contributed by atoms with Crippen LogP contribution in [0, 0.1) is 5.82 Å². The van der Waals surface area contributed by atoms with Crippen LogP contribution in [0.2, 0.25) is 0 Å². The molecule has 2 aromatic rings. The third kappa shape index (κ3) is 3.15. The van der Waals surface area contributed by atoms with E-state index in [-0.39, 0.29) is 18.0 Å². The molecule has 0 fully saturated rings. The second-order valence-electron chi connectivity index (χ2n) is 4.30. The number of ether oxygens (including phenoxy) is 2. The highest BCUT2D eigenvalue weighted by Gasteiger charge is 2.11. The molecule has 3 nitrogen and oxygen atoms in total. The fourth-order valence-electron chi connectivity index (χ4n) is 1.90. The molecule has 0 aliphatic rings. The van der Waals surface area contributed by atoms with Crippen LogP contribution in [0.5, 0.6) is 11.5 Å². The zero-order chi connectivity index (χ0) is 14.5. The predicted molar refractivity (Wildman–Crippen MR) is 74.0 cm³/mol. The second-order valence-corrected chi connectivity index (χ2v) is 4.30. The molecular weight excluding hydrogens is 259 g/mol. The summed E-state index contributed by atoms with van der Waals surface area (Å²) >= 11 is 0. The summed E-state index contributed by atoms with van der Waals surface area (Å²) in [5.74, 6) is 0.190. The van der Waals surface area contributed by atoms with Gasteiger partial charge in [-0.3, -0.25) is 4.79 Å². The minimum Gasteiger partial charge on any atom is -0.497 e. The van der Waals surface area contributed by atoms with E-state index < -0.39 is 5.82 Å². The van der Waals surface area contributed by atoms with E-state index in [0.717, 1.165) is 5.56 Å². The van der Waals surface area contributed by atoms with Gasteiger partial charge in [0, 0.05) is 12.0 Å². The van der Waals surface area contributed by atoms with Crippen molar-refractivity contribution in [3.63, 3.8) is 0 Å². The molecule has 0 heterocycles. The minimum atomic E-state index is -0.481. The molecule has 0 aliphatic heterocycles. The van der Waals surface area contributed by atoms with Crippen LogP contribution >= 0.6 is 0 Å². The molecular formula is C16H15FO3. The molecule has 0 N–H and O–H groups in total. The molecule has 0 saturated carbocycles. The van der Waals surface area contributed by atoms with E-state index >= 15 is 0 Å². The summed E-state index contributed by atoms with van der Waals surface area (Å²) in [6.07, 6.45) is 0.228. The van der Waals surface area contributed by atoms with Gasteiger partial charge >= 0.3 is 0 Å². The molecule has 0 aliphatic carbocycles. The van der Waals surface area contributed by atoms with E-state index in [1.807, 2.05) is 18.2 Å². The van der Waals surface area contributed by atoms with E-state index in [2.05, 4.69) is 0 Å². The van der Waals surface area contributed by atoms with Crippen molar-refractivity contribution in [2.24, 2.45) is 0 Å². The third-order valence-electron chi connectivity index (χ3n) is 2.97. The molecule has 2 rings (SSSR count). The Hall–Kier alpha value is -2.36. The highest BCUT2D eigenvalue weighted by Crippen LogP contribution is 2.20. The van der Waals surface area contributed by atoms with Crippen LogP contribution in [-0.4, -0.2) is 20.0 Å². The summed E-state index contributed by atoms with van der Waals surface area (Å²) in [6.45, 7) is 0. The fourth-order valence-corrected chi connectivity index (χ4v) is 1.90. The Morgan fingerprint density at radius 1 is 1.10 bits per heavy atom. The summed E-state index contributed by atoms with van der Waals surface area (Å²) in [5.41, 5.74) is 1.27. The topological polar surface area (TPSA) is 35.5 Å². The minimum absolute atomic E-state index is 0.0708. The van der Waals surface area contributed by atoms with Crippen molar-refractivity contribution in [1.82, 2.24) is 0 Å². The van der Waals surface area contributed by atoms with Crippen LogP contribution in [-0.2, 0) is 6.42 Å². The van der Waals surface area contributed by atoms with Gasteiger partial charge in [-0.1, -0.05) is 12.1 Å². The van der Waals surface area contributed by atoms with Gasteiger partial charge < -0.3 is 9.47 Å². The maximum Gasteiger partial charge on any atom is 0.167 e. The van der Waals surface area contributed by atoms with Gasteiger partial charge in [-0.05, 0) is 35.9 Å². The number of rotatable bonds is 5. The molecule has 4 heteroatoms. The van der Waals surface area contributed by atoms with Crippen molar-refractivity contribution in [2.75, 3.05) is 14.2 Å². The first-order chi connectivity index (χ1) is 9.63. The molecule has 2 aromatic carbocycles. The lowest BCUT2D eigenvalue weighted by atomic mass is 10.0. The van der Waals surface area contributed by atoms with Crippen LogP contribution in [0.3, 0.4) is 0 Å². The van der Waals surface area contributed by atoms with Crippen LogP contribution in [0.15, 0.2) is 42.5 Å². The van der Waals surface area contributed by atoms with Gasteiger partial charge in [0.2, 0.25) is 0 Å². The van der Waals surface area contributed by atoms with Crippen LogP contribution in [0.1, 0.15) is 15.9 Å². The summed E-state index contributed by atoms with van der Waals surface area (Å²) in [4.78, 5) is 12.2. The first-order valence-corrected chi connectivity index (χ1v) is 6.13. The SMILES string of the molecule is COc1cccc(CC(=O)c2ccc(F)c(OC)c2)c1. The second kappa shape index (κ2) is 6.19. The summed E-state index contributed by atoms with van der Waals surface area (Å²) in [6, 6.07) is 11.4. The lowest BCUT2D eigenvalue weighted by molar-refractivity contribution is 0.0992. The summed E-state index contributed by atoms with van der Waals surface area (Å²) in [5, 5.41) is 0. The van der Waals surface area contributed by atoms with E-state index in [4.69, 9.17) is 9.47 Å². The highest BCUT2D eigenvalue weighted by atomic mass is 19.1. The molecule has 0 bridgehead atoms. The molecule has 0 amide bonds. The Bertz CT molecular complexity index is 623. The van der Waals surface area contributed by atoms with E-state index in [0.29, 0.717) is 11.3 Å². The molecule has 104 valence electrons. The number of ketones is 1. The van der Waals surface area contributed by atoms with Crippen molar-refractivity contribution in [3.8, 4) is 11.5 Å². The zero-order valence-corrected chi connectivity index (χ0v) is 11.4. The van der Waals surface area contributed by atoms with Crippen molar-refractivity contribution < 1.29 is 18.7 Å². The summed E-state index contributed by atoms with van der Waals surface area (Å²) in [7, 11) is 2.94. The molecule has 0 spiro atoms. The largest absolute Gasteiger partial charge is 0.497 e. The van der Waals surface area contributed by atoms with Crippen LogP contribution < -0.4 is 9.47 Å². The monoisotopic (exact) mass is 274 g/mol. The Labute approximate surface area is 117 Å². The molecule has 0 unspecified atom stereocenters. The quantitative estimate of drug-likeness (QED) is 0.785. The standard InChI is InChI=1S/C16H15FO3/c1-19-13-5-3-4-11(8-13)9-15(18)12-6-7-14(17)16(10-12)20-2/h3-8,10H,9H2,1-2H3. The average Bonchev–Trinajstić information content (AvgIpc) is 2.47. The van der Waals surface area contributed by atoms with Gasteiger partial charge in [-0.2, -0.15) is 0 Å². The normalized spacial score (nSPS) is 10.2. The fraction of sp³-hybridized carbons (Fsp3) is 0.188. The van der Waals surface area contributed by atoms with Gasteiger partial charge in [0.05, 0.1) is 14.2 Å². The Kier molecular flexibility index (Phi) is 4.35. The number of carbonyl (C=O) groups is 1. The van der Waals surface area contributed by atoms with Gasteiger partial charge in [0.15, 0.2) is 17.3 Å². The Balaban J connectivity index is 2.19. The van der Waals surface area contributed by atoms with Gasteiger partial charge in [0.25, 0.3) is 0 Å². The molecule has 20 heavy (non-hydrogen) atoms. The lowest BCUT2D eigenvalue weighted by Gasteiger charge is -2.06. The van der Waals surface area contributed by atoms with Crippen molar-refractivity contribution in [1.29, 1.82) is 0 Å². The number of carbonyl (C=O) groups excluding carboxylic acids is 1. The van der Waals surface area contributed by atoms with Crippen molar-refractivity contribution >= 4 is 5.78 Å². The first-order valence-electron chi connectivity index (χ1n) is 6.13. The summed E-state index contributed by atoms with van der Waals surface area (Å²) < 4.78 is 23.3. The number of halogens is 1. The van der Waals surface area contributed by atoms with Gasteiger partial charge in [-0.15, -0.1) is 0 Å². The van der Waals surface area contributed by atoms with Crippen LogP contribution in [0.4, 0.5) is 4.39 Å². The zero-order valence-electron chi connectivity index (χ0n) is 11.4. The average molecular weight is 274 g/mol. The van der Waals surface area contributed by atoms with E-state index in [1.54, 1.807) is 13.2 Å². The maximum absolute atomic E-state index is 13.3. The Morgan fingerprint density at radius 2 is 1.90 bits per heavy atom. The number of Topliss-reactive ketones (excluding diaryl/α,β-unsaturated/α-hetero) is 1. The van der Waals surface area contributed by atoms with Crippen molar-refractivity contribution in [2.45, 2.75) is 6.42 Å². The first kappa shape index (κ1) is 14.1. The molecule has 0 aromatic heterocycles. The molecule has 0 radical (unpaired) electrons. The molecule has 0 saturated heterocycles. The number of benzene rings is 2. The Morgan fingerprint density at radius 3 is 2.60 bits per heavy atom. The molecule has 0 atom stereocenters. The van der Waals surface area contributed by atoms with Crippen LogP contribution in [0.25, 0.3) is 0 Å². The lowest BCUT2D eigenvalue weighted by Crippen LogP contribution is -2.04. The van der Waals surface area contributed by atoms with Gasteiger partial charge in [-0.25, -0.2) is 4.39 Å². The smallest absolute Gasteiger partial charge is 0.167 e. The number of hydrogen-bond acceptors (Lipinski definition) is 3. The third-order valence-corrected chi connectivity index (χ3v) is 2.97. The highest BCUT2D eigenvalue weighted by molar-refractivity contribution is 5.97. The predicted octanol–water partition coefficient (Wildman–Crippen LogP) is 3.27. The number of hydrogen-bond donors (Lipinski definition) is 0. The van der Waals surface area contributed by atoms with Crippen molar-refractivity contribution in [3.05, 3.63) is 59.4 Å². The van der Waals surface area contributed by atoms with Gasteiger partial charge in [0.1, 0.15) is 5.75 Å². The number of methoxy groups -OCH3 is 2. The van der Waals surface area contributed by atoms with E-state index in [9.17, 15) is 9.18 Å². The van der Waals surface area contributed by atoms with E-state index in [1.165, 1.54) is 25.3 Å².